The highest BCUT2D eigenvalue weighted by molar-refractivity contribution is 7.99. The molecule has 7 heteroatoms. The number of esters is 1. The van der Waals surface area contributed by atoms with Crippen LogP contribution in [0.25, 0.3) is 0 Å². The Morgan fingerprint density at radius 1 is 1.35 bits per heavy atom. The highest BCUT2D eigenvalue weighted by Crippen LogP contribution is 2.23. The van der Waals surface area contributed by atoms with E-state index in [4.69, 9.17) is 10.5 Å². The second-order valence-corrected chi connectivity index (χ2v) is 5.14. The van der Waals surface area contributed by atoms with Crippen LogP contribution in [0.15, 0.2) is 29.2 Å². The van der Waals surface area contributed by atoms with Crippen molar-refractivity contribution in [1.82, 2.24) is 5.32 Å². The average Bonchev–Trinajstić information content (AvgIpc) is 2.38. The molecule has 0 aliphatic heterocycles. The first-order valence-corrected chi connectivity index (χ1v) is 6.97. The van der Waals surface area contributed by atoms with Crippen LogP contribution < -0.4 is 11.1 Å². The fourth-order valence-corrected chi connectivity index (χ4v) is 2.21. The van der Waals surface area contributed by atoms with E-state index >= 15 is 0 Å². The Morgan fingerprint density at radius 2 is 2.00 bits per heavy atom. The van der Waals surface area contributed by atoms with Crippen LogP contribution in [0, 0.1) is 0 Å². The number of primary amides is 1. The van der Waals surface area contributed by atoms with E-state index in [1.165, 1.54) is 18.7 Å². The molecule has 0 heterocycles. The average molecular weight is 296 g/mol. The molecule has 0 unspecified atom stereocenters. The zero-order valence-corrected chi connectivity index (χ0v) is 12.0. The van der Waals surface area contributed by atoms with E-state index < -0.39 is 24.0 Å². The van der Waals surface area contributed by atoms with Crippen molar-refractivity contribution in [2.45, 2.75) is 24.8 Å². The zero-order valence-electron chi connectivity index (χ0n) is 11.2. The molecule has 1 atom stereocenters. The van der Waals surface area contributed by atoms with Crippen molar-refractivity contribution in [3.63, 3.8) is 0 Å². The summed E-state index contributed by atoms with van der Waals surface area (Å²) >= 11 is 1.50. The molecule has 0 aliphatic carbocycles. The second-order valence-electron chi connectivity index (χ2n) is 3.83. The number of amides is 3. The molecule has 0 aliphatic rings. The van der Waals surface area contributed by atoms with Crippen LogP contribution in [0.5, 0.6) is 0 Å². The topological polar surface area (TPSA) is 98.5 Å². The molecule has 6 nitrogen and oxygen atoms in total. The Morgan fingerprint density at radius 3 is 2.60 bits per heavy atom. The molecular formula is C13H16N2O4S. The van der Waals surface area contributed by atoms with E-state index in [0.29, 0.717) is 5.56 Å². The van der Waals surface area contributed by atoms with Crippen LogP contribution in [-0.2, 0) is 9.53 Å². The smallest absolute Gasteiger partial charge is 0.340 e. The highest BCUT2D eigenvalue weighted by atomic mass is 32.2. The first-order chi connectivity index (χ1) is 9.45. The predicted molar refractivity (Wildman–Crippen MR) is 75.4 cm³/mol. The van der Waals surface area contributed by atoms with Gasteiger partial charge in [-0.15, -0.1) is 11.8 Å². The van der Waals surface area contributed by atoms with Crippen LogP contribution in [0.3, 0.4) is 0 Å². The van der Waals surface area contributed by atoms with Crippen LogP contribution in [0.1, 0.15) is 24.2 Å². The summed E-state index contributed by atoms with van der Waals surface area (Å²) in [7, 11) is 0. The standard InChI is InChI=1S/C13H16N2O4S/c1-3-20-10-7-5-4-6-9(10)12(17)19-8(2)11(16)15-13(14)18/h4-8H,3H2,1-2H3,(H3,14,15,16,18)/t8-/m0/s1. The monoisotopic (exact) mass is 296 g/mol. The molecule has 0 fully saturated rings. The summed E-state index contributed by atoms with van der Waals surface area (Å²) in [5.74, 6) is -0.567. The van der Waals surface area contributed by atoms with Crippen molar-refractivity contribution in [2.24, 2.45) is 5.73 Å². The fourth-order valence-electron chi connectivity index (χ4n) is 1.42. The largest absolute Gasteiger partial charge is 0.449 e. The number of ether oxygens (including phenoxy) is 1. The second kappa shape index (κ2) is 7.54. The first kappa shape index (κ1) is 16.0. The van der Waals surface area contributed by atoms with Gasteiger partial charge in [0.25, 0.3) is 5.91 Å². The molecule has 3 amide bonds. The van der Waals surface area contributed by atoms with Crippen LogP contribution >= 0.6 is 11.8 Å². The van der Waals surface area contributed by atoms with Gasteiger partial charge >= 0.3 is 12.0 Å². The van der Waals surface area contributed by atoms with Gasteiger partial charge in [0.2, 0.25) is 0 Å². The Bertz CT molecular complexity index is 519. The number of imide groups is 1. The molecule has 0 bridgehead atoms. The van der Waals surface area contributed by atoms with Crippen molar-refractivity contribution >= 4 is 29.7 Å². The minimum absolute atomic E-state index is 0.387. The first-order valence-electron chi connectivity index (χ1n) is 5.98. The van der Waals surface area contributed by atoms with Crippen molar-refractivity contribution in [2.75, 3.05) is 5.75 Å². The van der Waals surface area contributed by atoms with Crippen molar-refractivity contribution in [1.29, 1.82) is 0 Å². The van der Waals surface area contributed by atoms with Crippen LogP contribution in [0.2, 0.25) is 0 Å². The number of nitrogens with two attached hydrogens (primary N) is 1. The lowest BCUT2D eigenvalue weighted by molar-refractivity contribution is -0.127. The SMILES string of the molecule is CCSc1ccccc1C(=O)O[C@@H](C)C(=O)NC(N)=O. The van der Waals surface area contributed by atoms with E-state index in [0.717, 1.165) is 10.6 Å². The molecule has 20 heavy (non-hydrogen) atoms. The maximum absolute atomic E-state index is 12.0. The van der Waals surface area contributed by atoms with Gasteiger partial charge in [-0.25, -0.2) is 9.59 Å². The lowest BCUT2D eigenvalue weighted by Gasteiger charge is -2.13. The molecule has 1 aromatic rings. The predicted octanol–water partition coefficient (Wildman–Crippen LogP) is 1.54. The van der Waals surface area contributed by atoms with Crippen molar-refractivity contribution in [3.05, 3.63) is 29.8 Å². The van der Waals surface area contributed by atoms with Gasteiger partial charge in [-0.2, -0.15) is 0 Å². The summed E-state index contributed by atoms with van der Waals surface area (Å²) in [6, 6.07) is 5.97. The molecule has 0 spiro atoms. The number of hydrogen-bond acceptors (Lipinski definition) is 5. The summed E-state index contributed by atoms with van der Waals surface area (Å²) in [5.41, 5.74) is 5.21. The third-order valence-corrected chi connectivity index (χ3v) is 3.26. The molecule has 1 rings (SSSR count). The van der Waals surface area contributed by atoms with E-state index in [9.17, 15) is 14.4 Å². The summed E-state index contributed by atoms with van der Waals surface area (Å²) in [5, 5.41) is 1.86. The van der Waals surface area contributed by atoms with E-state index in [-0.39, 0.29) is 0 Å². The minimum Gasteiger partial charge on any atom is -0.449 e. The minimum atomic E-state index is -1.10. The van der Waals surface area contributed by atoms with Gasteiger partial charge in [-0.3, -0.25) is 10.1 Å². The summed E-state index contributed by atoms with van der Waals surface area (Å²) in [4.78, 5) is 34.8. The van der Waals surface area contributed by atoms with Crippen LogP contribution in [0.4, 0.5) is 4.79 Å². The number of thioether (sulfide) groups is 1. The Hall–Kier alpha value is -2.02. The number of rotatable bonds is 5. The van der Waals surface area contributed by atoms with Gasteiger partial charge in [-0.05, 0) is 24.8 Å². The number of hydrogen-bond donors (Lipinski definition) is 2. The highest BCUT2D eigenvalue weighted by Gasteiger charge is 2.21. The molecule has 0 saturated heterocycles. The third kappa shape index (κ3) is 4.58. The summed E-state index contributed by atoms with van der Waals surface area (Å²) in [6.07, 6.45) is -1.10. The van der Waals surface area contributed by atoms with Crippen molar-refractivity contribution < 1.29 is 19.1 Å². The number of nitrogens with one attached hydrogen (secondary N) is 1. The molecular weight excluding hydrogens is 280 g/mol. The quantitative estimate of drug-likeness (QED) is 0.634. The lowest BCUT2D eigenvalue weighted by Crippen LogP contribution is -2.42. The Balaban J connectivity index is 2.76. The third-order valence-electron chi connectivity index (χ3n) is 2.31. The fraction of sp³-hybridized carbons (Fsp3) is 0.308. The molecule has 0 saturated carbocycles. The number of carbonyl (C=O) groups excluding carboxylic acids is 3. The van der Waals surface area contributed by atoms with Gasteiger partial charge in [0.15, 0.2) is 6.10 Å². The van der Waals surface area contributed by atoms with Gasteiger partial charge in [0, 0.05) is 4.90 Å². The zero-order chi connectivity index (χ0) is 15.1. The molecule has 3 N–H and O–H groups in total. The maximum Gasteiger partial charge on any atom is 0.340 e. The van der Waals surface area contributed by atoms with Gasteiger partial charge in [0.1, 0.15) is 0 Å². The number of urea groups is 1. The van der Waals surface area contributed by atoms with E-state index in [1.807, 2.05) is 18.3 Å². The molecule has 0 aromatic heterocycles. The molecule has 0 radical (unpaired) electrons. The van der Waals surface area contributed by atoms with Gasteiger partial charge < -0.3 is 10.5 Å². The Kier molecular flexibility index (Phi) is 6.05. The van der Waals surface area contributed by atoms with E-state index in [1.54, 1.807) is 18.2 Å². The number of benzene rings is 1. The molecule has 1 aromatic carbocycles. The van der Waals surface area contributed by atoms with Gasteiger partial charge in [-0.1, -0.05) is 19.1 Å². The van der Waals surface area contributed by atoms with Gasteiger partial charge in [0.05, 0.1) is 5.56 Å². The Labute approximate surface area is 121 Å². The van der Waals surface area contributed by atoms with Crippen molar-refractivity contribution in [3.8, 4) is 0 Å². The summed E-state index contributed by atoms with van der Waals surface area (Å²) < 4.78 is 5.01. The maximum atomic E-state index is 12.0. The summed E-state index contributed by atoms with van der Waals surface area (Å²) in [6.45, 7) is 3.33. The lowest BCUT2D eigenvalue weighted by atomic mass is 10.2. The molecule has 108 valence electrons. The normalized spacial score (nSPS) is 11.5. The van der Waals surface area contributed by atoms with Crippen LogP contribution in [-0.4, -0.2) is 29.8 Å². The number of carbonyl (C=O) groups is 3. The van der Waals surface area contributed by atoms with E-state index in [2.05, 4.69) is 0 Å².